The number of amides is 1. The first kappa shape index (κ1) is 16.7. The molecule has 1 aromatic rings. The van der Waals surface area contributed by atoms with Gasteiger partial charge < -0.3 is 24.3 Å². The van der Waals surface area contributed by atoms with Crippen molar-refractivity contribution < 1.29 is 28.5 Å². The Balaban J connectivity index is 1.59. The van der Waals surface area contributed by atoms with Crippen molar-refractivity contribution in [3.63, 3.8) is 0 Å². The van der Waals surface area contributed by atoms with E-state index in [-0.39, 0.29) is 12.6 Å². The highest BCUT2D eigenvalue weighted by atomic mass is 16.7. The first-order chi connectivity index (χ1) is 11.6. The number of carbonyl (C=O) groups is 2. The molecule has 2 atom stereocenters. The van der Waals surface area contributed by atoms with Crippen molar-refractivity contribution in [2.24, 2.45) is 5.92 Å². The highest BCUT2D eigenvalue weighted by molar-refractivity contribution is 5.76. The Kier molecular flexibility index (Phi) is 5.01. The number of hydrogen-bond acceptors (Lipinski definition) is 6. The Labute approximate surface area is 140 Å². The van der Waals surface area contributed by atoms with Gasteiger partial charge in [0.15, 0.2) is 5.79 Å². The Bertz CT molecular complexity index is 584. The minimum Gasteiger partial charge on any atom is -0.469 e. The summed E-state index contributed by atoms with van der Waals surface area (Å²) in [7, 11) is 1.33. The number of rotatable bonds is 4. The first-order valence-corrected chi connectivity index (χ1v) is 7.95. The predicted octanol–water partition coefficient (Wildman–Crippen LogP) is 1.61. The predicted molar refractivity (Wildman–Crippen MR) is 82.9 cm³/mol. The molecular formula is C17H21NO6. The quantitative estimate of drug-likeness (QED) is 0.842. The second-order valence-corrected chi connectivity index (χ2v) is 5.96. The molecule has 7 nitrogen and oxygen atoms in total. The van der Waals surface area contributed by atoms with E-state index in [2.05, 4.69) is 5.32 Å². The highest BCUT2D eigenvalue weighted by Gasteiger charge is 2.53. The molecule has 1 aliphatic carbocycles. The van der Waals surface area contributed by atoms with E-state index in [0.29, 0.717) is 26.1 Å². The summed E-state index contributed by atoms with van der Waals surface area (Å²) in [5.74, 6) is -1.72. The molecule has 0 bridgehead atoms. The van der Waals surface area contributed by atoms with Crippen LogP contribution in [0.3, 0.4) is 0 Å². The van der Waals surface area contributed by atoms with Crippen molar-refractivity contribution in [3.05, 3.63) is 35.9 Å². The van der Waals surface area contributed by atoms with Crippen LogP contribution in [-0.2, 0) is 30.3 Å². The lowest BCUT2D eigenvalue weighted by Gasteiger charge is -2.21. The van der Waals surface area contributed by atoms with Gasteiger partial charge >= 0.3 is 12.1 Å². The van der Waals surface area contributed by atoms with Gasteiger partial charge in [-0.3, -0.25) is 4.79 Å². The van der Waals surface area contributed by atoms with Gasteiger partial charge in [0.05, 0.1) is 32.3 Å². The van der Waals surface area contributed by atoms with Crippen molar-refractivity contribution in [2.75, 3.05) is 20.3 Å². The molecule has 2 fully saturated rings. The summed E-state index contributed by atoms with van der Waals surface area (Å²) in [6.45, 7) is 1.14. The van der Waals surface area contributed by atoms with Gasteiger partial charge in [0.25, 0.3) is 0 Å². The lowest BCUT2D eigenvalue weighted by atomic mass is 10.0. The number of esters is 1. The summed E-state index contributed by atoms with van der Waals surface area (Å²) in [6, 6.07) is 8.94. The average Bonchev–Trinajstić information content (AvgIpc) is 3.20. The molecule has 1 amide bonds. The zero-order chi connectivity index (χ0) is 17.0. The second-order valence-electron chi connectivity index (χ2n) is 5.96. The third kappa shape index (κ3) is 3.68. The van der Waals surface area contributed by atoms with Crippen LogP contribution in [0.1, 0.15) is 18.4 Å². The number of hydrogen-bond donors (Lipinski definition) is 1. The lowest BCUT2D eigenvalue weighted by Crippen LogP contribution is -2.41. The Hall–Kier alpha value is -2.12. The Morgan fingerprint density at radius 2 is 1.92 bits per heavy atom. The maximum absolute atomic E-state index is 12.1. The molecule has 3 rings (SSSR count). The standard InChI is InChI=1S/C17H21NO6/c1-21-15(19)13-9-17(23-7-8-24-17)10-14(13)18-16(20)22-11-12-5-3-2-4-6-12/h2-6,13-14H,7-11H2,1H3,(H,18,20)/t13-,14+/m0/s1. The topological polar surface area (TPSA) is 83.1 Å². The fourth-order valence-corrected chi connectivity index (χ4v) is 3.24. The molecule has 0 unspecified atom stereocenters. The molecule has 1 saturated carbocycles. The maximum atomic E-state index is 12.1. The molecule has 0 aromatic heterocycles. The van der Waals surface area contributed by atoms with Gasteiger partial charge in [-0.2, -0.15) is 0 Å². The van der Waals surface area contributed by atoms with Crippen LogP contribution in [0.4, 0.5) is 4.79 Å². The van der Waals surface area contributed by atoms with E-state index in [4.69, 9.17) is 18.9 Å². The number of methoxy groups -OCH3 is 1. The van der Waals surface area contributed by atoms with Crippen molar-refractivity contribution in [2.45, 2.75) is 31.3 Å². The molecule has 24 heavy (non-hydrogen) atoms. The van der Waals surface area contributed by atoms with Gasteiger partial charge in [-0.1, -0.05) is 30.3 Å². The molecule has 7 heteroatoms. The molecular weight excluding hydrogens is 314 g/mol. The van der Waals surface area contributed by atoms with E-state index in [1.54, 1.807) is 0 Å². The number of benzene rings is 1. The molecule has 130 valence electrons. The number of alkyl carbamates (subject to hydrolysis) is 1. The van der Waals surface area contributed by atoms with Gasteiger partial charge in [-0.05, 0) is 5.56 Å². The minimum absolute atomic E-state index is 0.167. The summed E-state index contributed by atoms with van der Waals surface area (Å²) >= 11 is 0. The summed E-state index contributed by atoms with van der Waals surface area (Å²) in [5, 5.41) is 2.74. The molecule has 0 radical (unpaired) electrons. The zero-order valence-electron chi connectivity index (χ0n) is 13.5. The van der Waals surface area contributed by atoms with E-state index in [1.165, 1.54) is 7.11 Å². The van der Waals surface area contributed by atoms with Gasteiger partial charge in [-0.15, -0.1) is 0 Å². The second kappa shape index (κ2) is 7.19. The van der Waals surface area contributed by atoms with Crippen LogP contribution in [0.15, 0.2) is 30.3 Å². The summed E-state index contributed by atoms with van der Waals surface area (Å²) in [6.07, 6.45) is 0.184. The minimum atomic E-state index is -0.809. The zero-order valence-corrected chi connectivity index (χ0v) is 13.5. The third-order valence-electron chi connectivity index (χ3n) is 4.38. The van der Waals surface area contributed by atoms with Crippen LogP contribution in [0, 0.1) is 5.92 Å². The third-order valence-corrected chi connectivity index (χ3v) is 4.38. The summed E-state index contributed by atoms with van der Waals surface area (Å²) in [4.78, 5) is 24.1. The Morgan fingerprint density at radius 1 is 1.21 bits per heavy atom. The highest BCUT2D eigenvalue weighted by Crippen LogP contribution is 2.41. The van der Waals surface area contributed by atoms with Crippen LogP contribution >= 0.6 is 0 Å². The largest absolute Gasteiger partial charge is 0.469 e. The number of carbonyl (C=O) groups excluding carboxylic acids is 2. The van der Waals surface area contributed by atoms with Crippen molar-refractivity contribution in [1.82, 2.24) is 5.32 Å². The lowest BCUT2D eigenvalue weighted by molar-refractivity contribution is -0.161. The molecule has 1 saturated heterocycles. The molecule has 1 spiro atoms. The first-order valence-electron chi connectivity index (χ1n) is 7.95. The van der Waals surface area contributed by atoms with Crippen LogP contribution in [0.5, 0.6) is 0 Å². The van der Waals surface area contributed by atoms with Gasteiger partial charge in [-0.25, -0.2) is 4.79 Å². The van der Waals surface area contributed by atoms with Gasteiger partial charge in [0.1, 0.15) is 6.61 Å². The fourth-order valence-electron chi connectivity index (χ4n) is 3.24. The van der Waals surface area contributed by atoms with E-state index in [0.717, 1.165) is 5.56 Å². The molecule has 1 aromatic carbocycles. The average molecular weight is 335 g/mol. The molecule has 1 heterocycles. The van der Waals surface area contributed by atoms with Crippen LogP contribution in [0.25, 0.3) is 0 Å². The van der Waals surface area contributed by atoms with Crippen molar-refractivity contribution >= 4 is 12.1 Å². The SMILES string of the molecule is COC(=O)[C@H]1CC2(C[C@H]1NC(=O)OCc1ccccc1)OCCO2. The molecule has 2 aliphatic rings. The van der Waals surface area contributed by atoms with Crippen molar-refractivity contribution in [1.29, 1.82) is 0 Å². The van der Waals surface area contributed by atoms with Crippen LogP contribution < -0.4 is 5.32 Å². The monoisotopic (exact) mass is 335 g/mol. The van der Waals surface area contributed by atoms with Crippen molar-refractivity contribution in [3.8, 4) is 0 Å². The van der Waals surface area contributed by atoms with Crippen LogP contribution in [0.2, 0.25) is 0 Å². The van der Waals surface area contributed by atoms with Gasteiger partial charge in [0.2, 0.25) is 0 Å². The summed E-state index contributed by atoms with van der Waals surface area (Å²) in [5.41, 5.74) is 0.891. The fraction of sp³-hybridized carbons (Fsp3) is 0.529. The molecule has 1 N–H and O–H groups in total. The van der Waals surface area contributed by atoms with E-state index >= 15 is 0 Å². The maximum Gasteiger partial charge on any atom is 0.407 e. The van der Waals surface area contributed by atoms with Gasteiger partial charge in [0, 0.05) is 12.8 Å². The van der Waals surface area contributed by atoms with E-state index < -0.39 is 23.8 Å². The van der Waals surface area contributed by atoms with E-state index in [1.807, 2.05) is 30.3 Å². The Morgan fingerprint density at radius 3 is 2.58 bits per heavy atom. The summed E-state index contributed by atoms with van der Waals surface area (Å²) < 4.78 is 21.3. The van der Waals surface area contributed by atoms with Crippen LogP contribution in [-0.4, -0.2) is 44.2 Å². The smallest absolute Gasteiger partial charge is 0.407 e. The number of ether oxygens (including phenoxy) is 4. The molecule has 1 aliphatic heterocycles. The number of nitrogens with one attached hydrogen (secondary N) is 1. The normalized spacial score (nSPS) is 24.7. The van der Waals surface area contributed by atoms with E-state index in [9.17, 15) is 9.59 Å².